The first-order valence-corrected chi connectivity index (χ1v) is 10.0. The molecule has 1 fully saturated rings. The van der Waals surface area contributed by atoms with Crippen LogP contribution in [-0.4, -0.2) is 84.8 Å². The van der Waals surface area contributed by atoms with Crippen molar-refractivity contribution >= 4 is 17.6 Å². The second-order valence-corrected chi connectivity index (χ2v) is 7.15. The Morgan fingerprint density at radius 3 is 2.42 bits per heavy atom. The molecule has 1 aliphatic heterocycles. The number of halogens is 1. The number of carbonyl (C=O) groups is 2. The minimum atomic E-state index is -0.295. The Hall–Kier alpha value is -3.33. The van der Waals surface area contributed by atoms with Gasteiger partial charge in [0.05, 0.1) is 5.69 Å². The molecule has 1 aromatic carbocycles. The standard InChI is InChI=1S/C22H26FN5O3/c1-3-10-28(22(30)16-31-2)15-21(29)27-13-11-26(12-14-27)20-9-8-19(24-25-20)17-4-6-18(23)7-5-17/h3-9H,1,10-16H2,2H3. The summed E-state index contributed by atoms with van der Waals surface area (Å²) in [5.74, 6) is 0.0764. The summed E-state index contributed by atoms with van der Waals surface area (Å²) >= 11 is 0. The molecule has 31 heavy (non-hydrogen) atoms. The molecule has 2 heterocycles. The average molecular weight is 427 g/mol. The van der Waals surface area contributed by atoms with Crippen LogP contribution in [0.5, 0.6) is 0 Å². The Bertz CT molecular complexity index is 896. The zero-order chi connectivity index (χ0) is 22.2. The van der Waals surface area contributed by atoms with E-state index in [0.29, 0.717) is 38.4 Å². The SMILES string of the molecule is C=CCN(CC(=O)N1CCN(c2ccc(-c3ccc(F)cc3)nn2)CC1)C(=O)COC. The van der Waals surface area contributed by atoms with Crippen LogP contribution in [0.15, 0.2) is 49.1 Å². The van der Waals surface area contributed by atoms with Gasteiger partial charge in [-0.2, -0.15) is 0 Å². The molecule has 0 bridgehead atoms. The van der Waals surface area contributed by atoms with Gasteiger partial charge >= 0.3 is 0 Å². The number of rotatable bonds is 8. The van der Waals surface area contributed by atoms with E-state index in [1.54, 1.807) is 23.1 Å². The van der Waals surface area contributed by atoms with Gasteiger partial charge in [-0.1, -0.05) is 6.08 Å². The van der Waals surface area contributed by atoms with Gasteiger partial charge in [-0.05, 0) is 36.4 Å². The Morgan fingerprint density at radius 1 is 1.13 bits per heavy atom. The third-order valence-electron chi connectivity index (χ3n) is 5.04. The van der Waals surface area contributed by atoms with Crippen molar-refractivity contribution < 1.29 is 18.7 Å². The lowest BCUT2D eigenvalue weighted by Crippen LogP contribution is -2.52. The molecular weight excluding hydrogens is 401 g/mol. The van der Waals surface area contributed by atoms with Crippen LogP contribution in [0.4, 0.5) is 10.2 Å². The summed E-state index contributed by atoms with van der Waals surface area (Å²) in [6.45, 7) is 6.15. The number of nitrogens with zero attached hydrogens (tertiary/aromatic N) is 5. The smallest absolute Gasteiger partial charge is 0.249 e. The molecule has 0 atom stereocenters. The molecule has 3 rings (SSSR count). The van der Waals surface area contributed by atoms with Gasteiger partial charge in [0, 0.05) is 45.4 Å². The number of hydrogen-bond acceptors (Lipinski definition) is 6. The molecule has 0 unspecified atom stereocenters. The Morgan fingerprint density at radius 2 is 1.84 bits per heavy atom. The summed E-state index contributed by atoms with van der Waals surface area (Å²) in [6, 6.07) is 9.83. The van der Waals surface area contributed by atoms with Gasteiger partial charge in [0.15, 0.2) is 5.82 Å². The average Bonchev–Trinajstić information content (AvgIpc) is 2.79. The predicted molar refractivity (Wildman–Crippen MR) is 115 cm³/mol. The molecular formula is C22H26FN5O3. The highest BCUT2D eigenvalue weighted by Crippen LogP contribution is 2.19. The van der Waals surface area contributed by atoms with Crippen LogP contribution in [0, 0.1) is 5.82 Å². The van der Waals surface area contributed by atoms with Crippen LogP contribution < -0.4 is 4.90 Å². The topological polar surface area (TPSA) is 78.9 Å². The molecule has 0 N–H and O–H groups in total. The van der Waals surface area contributed by atoms with E-state index in [-0.39, 0.29) is 30.8 Å². The third kappa shape index (κ3) is 5.85. The quantitative estimate of drug-likeness (QED) is 0.596. The molecule has 1 saturated heterocycles. The maximum Gasteiger partial charge on any atom is 0.249 e. The molecule has 0 radical (unpaired) electrons. The predicted octanol–water partition coefficient (Wildman–Crippen LogP) is 1.59. The molecule has 164 valence electrons. The first-order valence-electron chi connectivity index (χ1n) is 10.0. The Kier molecular flexibility index (Phi) is 7.66. The first-order chi connectivity index (χ1) is 15.0. The monoisotopic (exact) mass is 427 g/mol. The number of hydrogen-bond donors (Lipinski definition) is 0. The summed E-state index contributed by atoms with van der Waals surface area (Å²) in [5, 5.41) is 8.53. The zero-order valence-corrected chi connectivity index (χ0v) is 17.5. The molecule has 0 saturated carbocycles. The molecule has 0 spiro atoms. The highest BCUT2D eigenvalue weighted by atomic mass is 19.1. The minimum absolute atomic E-state index is 0.000383. The van der Waals surface area contributed by atoms with E-state index in [2.05, 4.69) is 21.7 Å². The van der Waals surface area contributed by atoms with Gasteiger partial charge in [0.2, 0.25) is 11.8 Å². The molecule has 2 aromatic rings. The lowest BCUT2D eigenvalue weighted by molar-refractivity contribution is -0.142. The number of benzene rings is 1. The van der Waals surface area contributed by atoms with E-state index in [1.165, 1.54) is 24.1 Å². The number of ether oxygens (including phenoxy) is 1. The van der Waals surface area contributed by atoms with E-state index >= 15 is 0 Å². The van der Waals surface area contributed by atoms with E-state index in [0.717, 1.165) is 11.4 Å². The highest BCUT2D eigenvalue weighted by Gasteiger charge is 2.25. The van der Waals surface area contributed by atoms with Gasteiger partial charge in [0.1, 0.15) is 19.0 Å². The van der Waals surface area contributed by atoms with Crippen molar-refractivity contribution in [2.45, 2.75) is 0 Å². The molecule has 0 aliphatic carbocycles. The van der Waals surface area contributed by atoms with Crippen molar-refractivity contribution in [3.8, 4) is 11.3 Å². The van der Waals surface area contributed by atoms with Gasteiger partial charge in [-0.3, -0.25) is 9.59 Å². The maximum absolute atomic E-state index is 13.1. The normalized spacial score (nSPS) is 13.7. The van der Waals surface area contributed by atoms with Crippen molar-refractivity contribution in [2.24, 2.45) is 0 Å². The number of carbonyl (C=O) groups excluding carboxylic acids is 2. The summed E-state index contributed by atoms with van der Waals surface area (Å²) in [5.41, 5.74) is 1.46. The summed E-state index contributed by atoms with van der Waals surface area (Å²) in [6.07, 6.45) is 1.59. The molecule has 1 aliphatic rings. The van der Waals surface area contributed by atoms with Crippen LogP contribution in [-0.2, 0) is 14.3 Å². The summed E-state index contributed by atoms with van der Waals surface area (Å²) < 4.78 is 18.0. The van der Waals surface area contributed by atoms with Crippen molar-refractivity contribution in [1.82, 2.24) is 20.0 Å². The molecule has 1 aromatic heterocycles. The third-order valence-corrected chi connectivity index (χ3v) is 5.04. The molecule has 9 heteroatoms. The van der Waals surface area contributed by atoms with Crippen LogP contribution in [0.1, 0.15) is 0 Å². The maximum atomic E-state index is 13.1. The van der Waals surface area contributed by atoms with Crippen molar-refractivity contribution in [2.75, 3.05) is 57.9 Å². The number of piperazine rings is 1. The Labute approximate surface area is 180 Å². The van der Waals surface area contributed by atoms with Gasteiger partial charge in [-0.25, -0.2) is 4.39 Å². The van der Waals surface area contributed by atoms with E-state index in [9.17, 15) is 14.0 Å². The number of methoxy groups -OCH3 is 1. The summed E-state index contributed by atoms with van der Waals surface area (Å²) in [4.78, 5) is 30.0. The van der Waals surface area contributed by atoms with Crippen LogP contribution in [0.2, 0.25) is 0 Å². The van der Waals surface area contributed by atoms with Crippen molar-refractivity contribution in [1.29, 1.82) is 0 Å². The zero-order valence-electron chi connectivity index (χ0n) is 17.5. The lowest BCUT2D eigenvalue weighted by Gasteiger charge is -2.36. The second-order valence-electron chi connectivity index (χ2n) is 7.15. The summed E-state index contributed by atoms with van der Waals surface area (Å²) in [7, 11) is 1.44. The van der Waals surface area contributed by atoms with Gasteiger partial charge in [-0.15, -0.1) is 16.8 Å². The number of aromatic nitrogens is 2. The fourth-order valence-corrected chi connectivity index (χ4v) is 3.34. The first kappa shape index (κ1) is 22.4. The number of anilines is 1. The lowest BCUT2D eigenvalue weighted by atomic mass is 10.1. The Balaban J connectivity index is 1.55. The van der Waals surface area contributed by atoms with Crippen molar-refractivity contribution in [3.63, 3.8) is 0 Å². The van der Waals surface area contributed by atoms with Crippen LogP contribution >= 0.6 is 0 Å². The fraction of sp³-hybridized carbons (Fsp3) is 0.364. The highest BCUT2D eigenvalue weighted by molar-refractivity contribution is 5.85. The van der Waals surface area contributed by atoms with Crippen LogP contribution in [0.25, 0.3) is 11.3 Å². The molecule has 2 amide bonds. The van der Waals surface area contributed by atoms with E-state index in [1.807, 2.05) is 12.1 Å². The minimum Gasteiger partial charge on any atom is -0.375 e. The fourth-order valence-electron chi connectivity index (χ4n) is 3.34. The number of amides is 2. The van der Waals surface area contributed by atoms with Gasteiger partial charge in [0.25, 0.3) is 0 Å². The van der Waals surface area contributed by atoms with E-state index in [4.69, 9.17) is 4.74 Å². The van der Waals surface area contributed by atoms with E-state index < -0.39 is 0 Å². The van der Waals surface area contributed by atoms with Crippen LogP contribution in [0.3, 0.4) is 0 Å². The largest absolute Gasteiger partial charge is 0.375 e. The van der Waals surface area contributed by atoms with Gasteiger partial charge < -0.3 is 19.4 Å². The second kappa shape index (κ2) is 10.6. The molecule has 8 nitrogen and oxygen atoms in total. The van der Waals surface area contributed by atoms with Crippen molar-refractivity contribution in [3.05, 3.63) is 54.9 Å².